The highest BCUT2D eigenvalue weighted by Gasteiger charge is 2.33. The molecule has 0 aliphatic rings. The average molecular weight is 442 g/mol. The van der Waals surface area contributed by atoms with Gasteiger partial charge in [-0.05, 0) is 30.7 Å². The van der Waals surface area contributed by atoms with E-state index in [2.05, 4.69) is 15.5 Å². The molecule has 0 saturated heterocycles. The summed E-state index contributed by atoms with van der Waals surface area (Å²) in [5.41, 5.74) is 0.736. The summed E-state index contributed by atoms with van der Waals surface area (Å²) in [5.74, 6) is 5.83. The Hall–Kier alpha value is -2.72. The number of nitrogen functional groups attached to an aromatic ring is 1. The van der Waals surface area contributed by atoms with Gasteiger partial charge < -0.3 is 11.2 Å². The zero-order valence-corrected chi connectivity index (χ0v) is 16.6. The monoisotopic (exact) mass is 441 g/mol. The summed E-state index contributed by atoms with van der Waals surface area (Å²) >= 11 is 6.58. The molecule has 0 aliphatic heterocycles. The highest BCUT2D eigenvalue weighted by atomic mass is 35.5. The Bertz CT molecular complexity index is 1050. The third-order valence-corrected chi connectivity index (χ3v) is 5.21. The van der Waals surface area contributed by atoms with E-state index >= 15 is 0 Å². The number of hydrogen-bond donors (Lipinski definition) is 2. The van der Waals surface area contributed by atoms with Gasteiger partial charge in [-0.3, -0.25) is 4.79 Å². The van der Waals surface area contributed by atoms with Gasteiger partial charge in [0.05, 0.1) is 16.3 Å². The number of amides is 1. The van der Waals surface area contributed by atoms with Crippen LogP contribution in [0.25, 0.3) is 11.4 Å². The number of aromatic nitrogens is 3. The van der Waals surface area contributed by atoms with Gasteiger partial charge in [0.1, 0.15) is 0 Å². The molecule has 29 heavy (non-hydrogen) atoms. The molecule has 3 rings (SSSR count). The summed E-state index contributed by atoms with van der Waals surface area (Å²) < 4.78 is 40.0. The van der Waals surface area contributed by atoms with Crippen molar-refractivity contribution in [2.75, 3.05) is 16.9 Å². The van der Waals surface area contributed by atoms with E-state index in [1.54, 1.807) is 0 Å². The Kier molecular flexibility index (Phi) is 6.04. The minimum atomic E-state index is -4.62. The van der Waals surface area contributed by atoms with Gasteiger partial charge >= 0.3 is 6.18 Å². The van der Waals surface area contributed by atoms with Gasteiger partial charge in [-0.15, -0.1) is 10.2 Å². The van der Waals surface area contributed by atoms with Crippen LogP contribution in [0.15, 0.2) is 47.6 Å². The molecule has 2 aromatic carbocycles. The Morgan fingerprint density at radius 3 is 2.66 bits per heavy atom. The van der Waals surface area contributed by atoms with E-state index in [0.29, 0.717) is 11.0 Å². The lowest BCUT2D eigenvalue weighted by Gasteiger charge is -2.11. The van der Waals surface area contributed by atoms with Crippen LogP contribution in [-0.4, -0.2) is 26.5 Å². The van der Waals surface area contributed by atoms with Crippen molar-refractivity contribution in [1.29, 1.82) is 0 Å². The number of nitrogens with two attached hydrogens (primary N) is 1. The molecule has 0 fully saturated rings. The number of benzene rings is 2. The summed E-state index contributed by atoms with van der Waals surface area (Å²) in [5, 5.41) is 10.3. The smallest absolute Gasteiger partial charge is 0.335 e. The molecule has 0 atom stereocenters. The molecule has 0 aliphatic carbocycles. The first-order chi connectivity index (χ1) is 13.7. The topological polar surface area (TPSA) is 85.8 Å². The van der Waals surface area contributed by atoms with Gasteiger partial charge in [-0.25, -0.2) is 4.68 Å². The number of thioether (sulfide) groups is 1. The van der Waals surface area contributed by atoms with Crippen LogP contribution in [0.4, 0.5) is 18.9 Å². The largest absolute Gasteiger partial charge is 0.417 e. The molecule has 1 heterocycles. The molecule has 11 heteroatoms. The van der Waals surface area contributed by atoms with E-state index in [4.69, 9.17) is 17.4 Å². The maximum Gasteiger partial charge on any atom is 0.417 e. The zero-order valence-electron chi connectivity index (χ0n) is 15.0. The summed E-state index contributed by atoms with van der Waals surface area (Å²) in [4.78, 5) is 12.1. The van der Waals surface area contributed by atoms with Crippen molar-refractivity contribution >= 4 is 35.0 Å². The molecule has 6 nitrogen and oxygen atoms in total. The standard InChI is InChI=1S/C18H15ClF3N5OS/c1-10-4-2-3-5-12(10)16-25-26-17(27(16)23)29-9-15(28)24-11-6-7-14(19)13(8-11)18(20,21)22/h2-8H,9,23H2,1H3,(H,24,28). The number of carbonyl (C=O) groups is 1. The van der Waals surface area contributed by atoms with Gasteiger partial charge in [0, 0.05) is 11.3 Å². The maximum absolute atomic E-state index is 12.9. The summed E-state index contributed by atoms with van der Waals surface area (Å²) in [6.45, 7) is 1.91. The van der Waals surface area contributed by atoms with E-state index in [1.165, 1.54) is 10.7 Å². The van der Waals surface area contributed by atoms with Gasteiger partial charge in [0.25, 0.3) is 0 Å². The average Bonchev–Trinajstić information content (AvgIpc) is 3.01. The number of anilines is 1. The second kappa shape index (κ2) is 8.34. The van der Waals surface area contributed by atoms with E-state index in [0.717, 1.165) is 35.0 Å². The minimum Gasteiger partial charge on any atom is -0.335 e. The normalized spacial score (nSPS) is 11.5. The van der Waals surface area contributed by atoms with E-state index in [1.807, 2.05) is 31.2 Å². The first-order valence-electron chi connectivity index (χ1n) is 8.22. The Morgan fingerprint density at radius 2 is 1.97 bits per heavy atom. The Labute approximate surface area is 173 Å². The second-order valence-corrected chi connectivity index (χ2v) is 7.37. The van der Waals surface area contributed by atoms with Crippen LogP contribution < -0.4 is 11.2 Å². The number of alkyl halides is 3. The van der Waals surface area contributed by atoms with Gasteiger partial charge in [0.2, 0.25) is 11.1 Å². The Morgan fingerprint density at radius 1 is 1.24 bits per heavy atom. The van der Waals surface area contributed by atoms with Crippen molar-refractivity contribution in [3.8, 4) is 11.4 Å². The van der Waals surface area contributed by atoms with Crippen molar-refractivity contribution in [3.63, 3.8) is 0 Å². The summed E-state index contributed by atoms with van der Waals surface area (Å²) in [6, 6.07) is 10.6. The van der Waals surface area contributed by atoms with E-state index < -0.39 is 22.7 Å². The van der Waals surface area contributed by atoms with Crippen molar-refractivity contribution < 1.29 is 18.0 Å². The number of rotatable bonds is 5. The van der Waals surface area contributed by atoms with Gasteiger partial charge in [-0.1, -0.05) is 47.6 Å². The molecular formula is C18H15ClF3N5OS. The van der Waals surface area contributed by atoms with Crippen molar-refractivity contribution in [2.24, 2.45) is 0 Å². The molecule has 152 valence electrons. The molecular weight excluding hydrogens is 427 g/mol. The van der Waals surface area contributed by atoms with Crippen molar-refractivity contribution in [3.05, 3.63) is 58.6 Å². The molecule has 0 unspecified atom stereocenters. The Balaban J connectivity index is 1.67. The van der Waals surface area contributed by atoms with E-state index in [9.17, 15) is 18.0 Å². The van der Waals surface area contributed by atoms with Crippen LogP contribution in [0, 0.1) is 6.92 Å². The number of halogens is 4. The third-order valence-electron chi connectivity index (χ3n) is 3.94. The third kappa shape index (κ3) is 4.83. The van der Waals surface area contributed by atoms with Crippen molar-refractivity contribution in [2.45, 2.75) is 18.3 Å². The van der Waals surface area contributed by atoms with Gasteiger partial charge in [0.15, 0.2) is 5.82 Å². The molecule has 1 amide bonds. The minimum absolute atomic E-state index is 0.0119. The first kappa shape index (κ1) is 21.0. The highest BCUT2D eigenvalue weighted by molar-refractivity contribution is 7.99. The molecule has 1 aromatic heterocycles. The SMILES string of the molecule is Cc1ccccc1-c1nnc(SCC(=O)Nc2ccc(Cl)c(C(F)(F)F)c2)n1N. The molecule has 0 spiro atoms. The number of carbonyl (C=O) groups excluding carboxylic acids is 1. The van der Waals surface area contributed by atoms with Crippen LogP contribution in [0.3, 0.4) is 0 Å². The van der Waals surface area contributed by atoms with Crippen LogP contribution in [0.5, 0.6) is 0 Å². The lowest BCUT2D eigenvalue weighted by Crippen LogP contribution is -2.17. The fourth-order valence-electron chi connectivity index (χ4n) is 2.53. The molecule has 0 radical (unpaired) electrons. The number of nitrogens with one attached hydrogen (secondary N) is 1. The lowest BCUT2D eigenvalue weighted by molar-refractivity contribution is -0.137. The second-order valence-electron chi connectivity index (χ2n) is 6.02. The molecule has 0 saturated carbocycles. The summed E-state index contributed by atoms with van der Waals surface area (Å²) in [7, 11) is 0. The number of aryl methyl sites for hydroxylation is 1. The van der Waals surface area contributed by atoms with Crippen LogP contribution >= 0.6 is 23.4 Å². The zero-order chi connectivity index (χ0) is 21.2. The predicted octanol–water partition coefficient (Wildman–Crippen LogP) is 4.37. The quantitative estimate of drug-likeness (QED) is 0.453. The van der Waals surface area contributed by atoms with Crippen LogP contribution in [0.2, 0.25) is 5.02 Å². The fraction of sp³-hybridized carbons (Fsp3) is 0.167. The van der Waals surface area contributed by atoms with Crippen molar-refractivity contribution in [1.82, 2.24) is 14.9 Å². The number of nitrogens with zero attached hydrogens (tertiary/aromatic N) is 3. The fourth-order valence-corrected chi connectivity index (χ4v) is 3.41. The van der Waals surface area contributed by atoms with Gasteiger partial charge in [-0.2, -0.15) is 13.2 Å². The lowest BCUT2D eigenvalue weighted by atomic mass is 10.1. The molecule has 3 aromatic rings. The highest BCUT2D eigenvalue weighted by Crippen LogP contribution is 2.36. The predicted molar refractivity (Wildman–Crippen MR) is 106 cm³/mol. The number of hydrogen-bond acceptors (Lipinski definition) is 5. The maximum atomic E-state index is 12.9. The summed E-state index contributed by atoms with van der Waals surface area (Å²) in [6.07, 6.45) is -4.62. The molecule has 0 bridgehead atoms. The molecule has 3 N–H and O–H groups in total. The van der Waals surface area contributed by atoms with Crippen LogP contribution in [0.1, 0.15) is 11.1 Å². The first-order valence-corrected chi connectivity index (χ1v) is 9.59. The van der Waals surface area contributed by atoms with Crippen LogP contribution in [-0.2, 0) is 11.0 Å². The van der Waals surface area contributed by atoms with E-state index in [-0.39, 0.29) is 11.4 Å².